The molecule has 0 aliphatic heterocycles. The second-order valence-electron chi connectivity index (χ2n) is 6.30. The van der Waals surface area contributed by atoms with Crippen LogP contribution in [0.3, 0.4) is 0 Å². The summed E-state index contributed by atoms with van der Waals surface area (Å²) in [7, 11) is 0. The van der Waals surface area contributed by atoms with Gasteiger partial charge in [-0.1, -0.05) is 54.4 Å². The minimum Gasteiger partial charge on any atom is -0.316 e. The molecule has 1 aromatic carbocycles. The van der Waals surface area contributed by atoms with Crippen LogP contribution in [0.1, 0.15) is 38.7 Å². The molecule has 0 spiro atoms. The van der Waals surface area contributed by atoms with E-state index in [2.05, 4.69) is 59.4 Å². The molecule has 0 heterocycles. The smallest absolute Gasteiger partial charge is 0.0207 e. The predicted molar refractivity (Wildman–Crippen MR) is 86.4 cm³/mol. The van der Waals surface area contributed by atoms with Crippen LogP contribution in [0, 0.1) is 17.8 Å². The Bertz CT molecular complexity index is 389. The molecule has 1 nitrogen and oxygen atoms in total. The first-order chi connectivity index (χ1) is 9.16. The number of rotatable bonds is 6. The molecule has 0 aromatic heterocycles. The predicted octanol–water partition coefficient (Wildman–Crippen LogP) is 4.65. The molecule has 2 heteroatoms. The van der Waals surface area contributed by atoms with Crippen molar-refractivity contribution in [1.29, 1.82) is 0 Å². The molecule has 1 N–H and O–H groups in total. The van der Waals surface area contributed by atoms with Crippen LogP contribution in [-0.2, 0) is 6.42 Å². The van der Waals surface area contributed by atoms with Gasteiger partial charge in [-0.3, -0.25) is 0 Å². The quantitative estimate of drug-likeness (QED) is 0.803. The van der Waals surface area contributed by atoms with E-state index >= 15 is 0 Å². The summed E-state index contributed by atoms with van der Waals surface area (Å²) in [6, 6.07) is 8.68. The Hall–Kier alpha value is -0.340. The summed E-state index contributed by atoms with van der Waals surface area (Å²) in [6.45, 7) is 6.91. The highest BCUT2D eigenvalue weighted by atomic mass is 79.9. The van der Waals surface area contributed by atoms with Crippen molar-refractivity contribution in [2.45, 2.75) is 39.5 Å². The first kappa shape index (κ1) is 15.1. The minimum atomic E-state index is 0.753. The Morgan fingerprint density at radius 2 is 1.95 bits per heavy atom. The Kier molecular flexibility index (Phi) is 5.90. The van der Waals surface area contributed by atoms with Crippen molar-refractivity contribution >= 4 is 15.9 Å². The highest BCUT2D eigenvalue weighted by molar-refractivity contribution is 9.10. The van der Waals surface area contributed by atoms with Gasteiger partial charge in [0, 0.05) is 4.47 Å². The summed E-state index contributed by atoms with van der Waals surface area (Å²) in [4.78, 5) is 0. The van der Waals surface area contributed by atoms with Crippen LogP contribution >= 0.6 is 15.9 Å². The lowest BCUT2D eigenvalue weighted by atomic mass is 9.89. The van der Waals surface area contributed by atoms with E-state index < -0.39 is 0 Å². The molecule has 1 aliphatic rings. The van der Waals surface area contributed by atoms with Gasteiger partial charge in [0.05, 0.1) is 0 Å². The Balaban J connectivity index is 1.87. The first-order valence-electron chi connectivity index (χ1n) is 7.61. The second-order valence-corrected chi connectivity index (χ2v) is 7.15. The molecule has 1 saturated carbocycles. The average Bonchev–Trinajstić information content (AvgIpc) is 2.79. The molecule has 0 amide bonds. The molecule has 2 rings (SSSR count). The van der Waals surface area contributed by atoms with Gasteiger partial charge >= 0.3 is 0 Å². The van der Waals surface area contributed by atoms with E-state index in [1.54, 1.807) is 0 Å². The summed E-state index contributed by atoms with van der Waals surface area (Å²) in [6.07, 6.45) is 5.44. The number of hydrogen-bond acceptors (Lipinski definition) is 1. The topological polar surface area (TPSA) is 12.0 Å². The fourth-order valence-corrected chi connectivity index (χ4v) is 3.60. The van der Waals surface area contributed by atoms with E-state index in [1.165, 1.54) is 42.3 Å². The zero-order valence-electron chi connectivity index (χ0n) is 12.2. The van der Waals surface area contributed by atoms with Crippen LogP contribution in [0.25, 0.3) is 0 Å². The summed E-state index contributed by atoms with van der Waals surface area (Å²) < 4.78 is 1.27. The molecule has 1 aromatic rings. The van der Waals surface area contributed by atoms with Gasteiger partial charge < -0.3 is 5.32 Å². The molecule has 106 valence electrons. The number of benzene rings is 1. The van der Waals surface area contributed by atoms with E-state index in [1.807, 2.05) is 0 Å². The van der Waals surface area contributed by atoms with Crippen LogP contribution in [0.15, 0.2) is 28.7 Å². The lowest BCUT2D eigenvalue weighted by molar-refractivity contribution is 0.357. The normalized spacial score (nSPS) is 23.2. The molecule has 1 aliphatic carbocycles. The first-order valence-corrected chi connectivity index (χ1v) is 8.40. The summed E-state index contributed by atoms with van der Waals surface area (Å²) in [5, 5.41) is 3.65. The fourth-order valence-electron chi connectivity index (χ4n) is 3.15. The molecule has 1 fully saturated rings. The monoisotopic (exact) mass is 323 g/mol. The van der Waals surface area contributed by atoms with Gasteiger partial charge in [0.2, 0.25) is 0 Å². The van der Waals surface area contributed by atoms with Crippen LogP contribution in [0.4, 0.5) is 0 Å². The van der Waals surface area contributed by atoms with Crippen molar-refractivity contribution < 1.29 is 0 Å². The molecule has 0 bridgehead atoms. The van der Waals surface area contributed by atoms with Crippen LogP contribution in [-0.4, -0.2) is 13.1 Å². The maximum Gasteiger partial charge on any atom is 0.0207 e. The van der Waals surface area contributed by atoms with Gasteiger partial charge in [-0.2, -0.15) is 0 Å². The third-order valence-corrected chi connectivity index (χ3v) is 4.99. The van der Waals surface area contributed by atoms with Gasteiger partial charge in [0.15, 0.2) is 0 Å². The number of halogens is 1. The van der Waals surface area contributed by atoms with Crippen molar-refractivity contribution in [2.75, 3.05) is 13.1 Å². The van der Waals surface area contributed by atoms with E-state index in [-0.39, 0.29) is 0 Å². The number of hydrogen-bond donors (Lipinski definition) is 1. The molecular weight excluding hydrogens is 298 g/mol. The van der Waals surface area contributed by atoms with Crippen LogP contribution < -0.4 is 5.32 Å². The lowest BCUT2D eigenvalue weighted by Gasteiger charge is -2.21. The van der Waals surface area contributed by atoms with Crippen LogP contribution in [0.2, 0.25) is 0 Å². The second kappa shape index (κ2) is 7.44. The molecule has 2 atom stereocenters. The van der Waals surface area contributed by atoms with E-state index in [0.29, 0.717) is 0 Å². The highest BCUT2D eigenvalue weighted by Gasteiger charge is 2.27. The van der Waals surface area contributed by atoms with Crippen molar-refractivity contribution in [2.24, 2.45) is 17.8 Å². The van der Waals surface area contributed by atoms with E-state index in [9.17, 15) is 0 Å². The maximum atomic E-state index is 3.68. The van der Waals surface area contributed by atoms with E-state index in [4.69, 9.17) is 0 Å². The summed E-state index contributed by atoms with van der Waals surface area (Å²) in [5.41, 5.74) is 1.48. The van der Waals surface area contributed by atoms with Crippen molar-refractivity contribution in [1.82, 2.24) is 5.32 Å². The highest BCUT2D eigenvalue weighted by Crippen LogP contribution is 2.35. The van der Waals surface area contributed by atoms with Gasteiger partial charge in [0.25, 0.3) is 0 Å². The summed E-state index contributed by atoms with van der Waals surface area (Å²) in [5.74, 6) is 2.48. The van der Waals surface area contributed by atoms with Crippen molar-refractivity contribution in [3.8, 4) is 0 Å². The van der Waals surface area contributed by atoms with Crippen LogP contribution in [0.5, 0.6) is 0 Å². The standard InChI is InChI=1S/C17H26BrN/c1-13(2)11-19-12-16-8-5-7-14(16)10-15-6-3-4-9-17(15)18/h3-4,6,9,13-14,16,19H,5,7-8,10-12H2,1-2H3. The van der Waals surface area contributed by atoms with Crippen molar-refractivity contribution in [3.63, 3.8) is 0 Å². The SMILES string of the molecule is CC(C)CNCC1CCCC1Cc1ccccc1Br. The van der Waals surface area contributed by atoms with Crippen molar-refractivity contribution in [3.05, 3.63) is 34.3 Å². The Morgan fingerprint density at radius 3 is 2.68 bits per heavy atom. The Morgan fingerprint density at radius 1 is 1.21 bits per heavy atom. The third kappa shape index (κ3) is 4.61. The van der Waals surface area contributed by atoms with Gasteiger partial charge in [-0.25, -0.2) is 0 Å². The van der Waals surface area contributed by atoms with Gasteiger partial charge in [0.1, 0.15) is 0 Å². The molecule has 19 heavy (non-hydrogen) atoms. The van der Waals surface area contributed by atoms with Gasteiger partial charge in [-0.15, -0.1) is 0 Å². The fraction of sp³-hybridized carbons (Fsp3) is 0.647. The third-order valence-electron chi connectivity index (χ3n) is 4.22. The zero-order valence-corrected chi connectivity index (χ0v) is 13.7. The molecule has 2 unspecified atom stereocenters. The Labute approximate surface area is 126 Å². The van der Waals surface area contributed by atoms with E-state index in [0.717, 1.165) is 24.3 Å². The average molecular weight is 324 g/mol. The lowest BCUT2D eigenvalue weighted by Crippen LogP contribution is -2.29. The minimum absolute atomic E-state index is 0.753. The zero-order chi connectivity index (χ0) is 13.7. The van der Waals surface area contributed by atoms with Gasteiger partial charge in [-0.05, 0) is 61.7 Å². The molecule has 0 radical (unpaired) electrons. The maximum absolute atomic E-state index is 3.68. The number of nitrogens with one attached hydrogen (secondary N) is 1. The molecule has 0 saturated heterocycles. The largest absolute Gasteiger partial charge is 0.316 e. The molecular formula is C17H26BrN. The summed E-state index contributed by atoms with van der Waals surface area (Å²) >= 11 is 3.68.